The number of nitrogens with one attached hydrogen (secondary N) is 1. The van der Waals surface area contributed by atoms with E-state index in [-0.39, 0.29) is 0 Å². The van der Waals surface area contributed by atoms with Crippen molar-refractivity contribution >= 4 is 23.4 Å². The molecule has 0 radical (unpaired) electrons. The van der Waals surface area contributed by atoms with E-state index in [0.717, 1.165) is 16.8 Å². The summed E-state index contributed by atoms with van der Waals surface area (Å²) in [6, 6.07) is 12.3. The minimum Gasteiger partial charge on any atom is -0.410 e. The molecule has 0 atom stereocenters. The molecular formula is C15H14ClNO2. The van der Waals surface area contributed by atoms with E-state index in [1.54, 1.807) is 24.3 Å². The fraction of sp³-hybridized carbons (Fsp3) is 0.133. The number of anilines is 1. The van der Waals surface area contributed by atoms with Crippen LogP contribution in [-0.2, 0) is 0 Å². The molecule has 1 N–H and O–H groups in total. The van der Waals surface area contributed by atoms with Gasteiger partial charge in [-0.05, 0) is 55.3 Å². The lowest BCUT2D eigenvalue weighted by Crippen LogP contribution is -2.17. The van der Waals surface area contributed by atoms with Gasteiger partial charge in [-0.3, -0.25) is 5.32 Å². The standard InChI is InChI=1S/C15H14ClNO2/c1-10-4-3-5-14(11(10)2)17-15(18)19-13-8-6-12(16)7-9-13/h3-9H,1-2H3,(H,17,18). The van der Waals surface area contributed by atoms with E-state index in [0.29, 0.717) is 10.8 Å². The number of ether oxygens (including phenoxy) is 1. The molecule has 0 spiro atoms. The number of rotatable bonds is 2. The fourth-order valence-electron chi connectivity index (χ4n) is 1.63. The lowest BCUT2D eigenvalue weighted by atomic mass is 10.1. The second kappa shape index (κ2) is 5.76. The SMILES string of the molecule is Cc1cccc(NC(=O)Oc2ccc(Cl)cc2)c1C. The van der Waals surface area contributed by atoms with E-state index in [1.165, 1.54) is 0 Å². The van der Waals surface area contributed by atoms with Gasteiger partial charge in [0.1, 0.15) is 5.75 Å². The van der Waals surface area contributed by atoms with Gasteiger partial charge in [-0.15, -0.1) is 0 Å². The van der Waals surface area contributed by atoms with Crippen LogP contribution >= 0.6 is 11.6 Å². The van der Waals surface area contributed by atoms with Gasteiger partial charge in [-0.1, -0.05) is 23.7 Å². The molecule has 1 amide bonds. The van der Waals surface area contributed by atoms with Crippen LogP contribution in [0.3, 0.4) is 0 Å². The molecular weight excluding hydrogens is 262 g/mol. The highest BCUT2D eigenvalue weighted by molar-refractivity contribution is 6.30. The summed E-state index contributed by atoms with van der Waals surface area (Å²) in [5.41, 5.74) is 2.89. The van der Waals surface area contributed by atoms with Crippen molar-refractivity contribution in [3.05, 3.63) is 58.6 Å². The van der Waals surface area contributed by atoms with Crippen LogP contribution in [0.25, 0.3) is 0 Å². The largest absolute Gasteiger partial charge is 0.417 e. The number of benzene rings is 2. The van der Waals surface area contributed by atoms with Crippen molar-refractivity contribution in [1.29, 1.82) is 0 Å². The quantitative estimate of drug-likeness (QED) is 0.872. The topological polar surface area (TPSA) is 38.3 Å². The highest BCUT2D eigenvalue weighted by atomic mass is 35.5. The van der Waals surface area contributed by atoms with Crippen molar-refractivity contribution in [1.82, 2.24) is 0 Å². The zero-order valence-corrected chi connectivity index (χ0v) is 11.5. The molecule has 0 fully saturated rings. The summed E-state index contributed by atoms with van der Waals surface area (Å²) >= 11 is 5.76. The van der Waals surface area contributed by atoms with Gasteiger partial charge in [0.15, 0.2) is 0 Å². The first-order chi connectivity index (χ1) is 9.06. The van der Waals surface area contributed by atoms with E-state index in [4.69, 9.17) is 16.3 Å². The molecule has 0 heterocycles. The monoisotopic (exact) mass is 275 g/mol. The van der Waals surface area contributed by atoms with Gasteiger partial charge in [0, 0.05) is 10.7 Å². The summed E-state index contributed by atoms with van der Waals surface area (Å²) in [5.74, 6) is 0.451. The average Bonchev–Trinajstić information content (AvgIpc) is 2.38. The second-order valence-electron chi connectivity index (χ2n) is 4.22. The third kappa shape index (κ3) is 3.48. The predicted octanol–water partition coefficient (Wildman–Crippen LogP) is 4.57. The van der Waals surface area contributed by atoms with Crippen LogP contribution in [0, 0.1) is 13.8 Å². The summed E-state index contributed by atoms with van der Waals surface area (Å²) < 4.78 is 5.16. The van der Waals surface area contributed by atoms with Crippen LogP contribution in [0.4, 0.5) is 10.5 Å². The van der Waals surface area contributed by atoms with Gasteiger partial charge in [-0.25, -0.2) is 4.79 Å². The van der Waals surface area contributed by atoms with Gasteiger partial charge in [-0.2, -0.15) is 0 Å². The Labute approximate surface area is 117 Å². The smallest absolute Gasteiger partial charge is 0.410 e. The summed E-state index contributed by atoms with van der Waals surface area (Å²) in [6.45, 7) is 3.94. The summed E-state index contributed by atoms with van der Waals surface area (Å²) in [4.78, 5) is 11.8. The highest BCUT2D eigenvalue weighted by Crippen LogP contribution is 2.19. The van der Waals surface area contributed by atoms with Crippen molar-refractivity contribution in [3.8, 4) is 5.75 Å². The number of carbonyl (C=O) groups excluding carboxylic acids is 1. The van der Waals surface area contributed by atoms with Crippen molar-refractivity contribution < 1.29 is 9.53 Å². The van der Waals surface area contributed by atoms with E-state index in [1.807, 2.05) is 32.0 Å². The third-order valence-electron chi connectivity index (χ3n) is 2.87. The minimum atomic E-state index is -0.518. The van der Waals surface area contributed by atoms with Crippen molar-refractivity contribution in [2.24, 2.45) is 0 Å². The minimum absolute atomic E-state index is 0.451. The Morgan fingerprint density at radius 2 is 1.79 bits per heavy atom. The first kappa shape index (κ1) is 13.4. The van der Waals surface area contributed by atoms with E-state index >= 15 is 0 Å². The van der Waals surface area contributed by atoms with Gasteiger partial charge in [0.25, 0.3) is 0 Å². The van der Waals surface area contributed by atoms with Gasteiger partial charge < -0.3 is 4.74 Å². The van der Waals surface area contributed by atoms with Gasteiger partial charge in [0.05, 0.1) is 0 Å². The van der Waals surface area contributed by atoms with E-state index in [2.05, 4.69) is 5.32 Å². The van der Waals surface area contributed by atoms with Crippen molar-refractivity contribution in [2.75, 3.05) is 5.32 Å². The normalized spacial score (nSPS) is 10.1. The van der Waals surface area contributed by atoms with Crippen molar-refractivity contribution in [3.63, 3.8) is 0 Å². The van der Waals surface area contributed by atoms with E-state index < -0.39 is 6.09 Å². The molecule has 2 aromatic rings. The number of hydrogen-bond donors (Lipinski definition) is 1. The lowest BCUT2D eigenvalue weighted by Gasteiger charge is -2.10. The maximum Gasteiger partial charge on any atom is 0.417 e. The van der Waals surface area contributed by atoms with Crippen LogP contribution in [0.5, 0.6) is 5.75 Å². The molecule has 3 nitrogen and oxygen atoms in total. The van der Waals surface area contributed by atoms with Gasteiger partial charge >= 0.3 is 6.09 Å². The third-order valence-corrected chi connectivity index (χ3v) is 3.12. The summed E-state index contributed by atoms with van der Waals surface area (Å²) in [6.07, 6.45) is -0.518. The molecule has 0 saturated carbocycles. The Kier molecular flexibility index (Phi) is 4.07. The highest BCUT2D eigenvalue weighted by Gasteiger charge is 2.07. The molecule has 0 bridgehead atoms. The first-order valence-electron chi connectivity index (χ1n) is 5.87. The molecule has 2 aromatic carbocycles. The Morgan fingerprint density at radius 1 is 1.11 bits per heavy atom. The number of amides is 1. The molecule has 0 saturated heterocycles. The summed E-state index contributed by atoms with van der Waals surface area (Å²) in [7, 11) is 0. The average molecular weight is 276 g/mol. The molecule has 0 aliphatic heterocycles. The Hall–Kier alpha value is -2.00. The summed E-state index contributed by atoms with van der Waals surface area (Å²) in [5, 5.41) is 3.32. The molecule has 0 aliphatic carbocycles. The fourth-order valence-corrected chi connectivity index (χ4v) is 1.76. The molecule has 0 aliphatic rings. The van der Waals surface area contributed by atoms with E-state index in [9.17, 15) is 4.79 Å². The zero-order valence-electron chi connectivity index (χ0n) is 10.7. The molecule has 0 unspecified atom stereocenters. The second-order valence-corrected chi connectivity index (χ2v) is 4.65. The maximum absolute atomic E-state index is 11.8. The van der Waals surface area contributed by atoms with Crippen LogP contribution in [0.1, 0.15) is 11.1 Å². The van der Waals surface area contributed by atoms with Crippen molar-refractivity contribution in [2.45, 2.75) is 13.8 Å². The Balaban J connectivity index is 2.05. The molecule has 2 rings (SSSR count). The number of aryl methyl sites for hydroxylation is 1. The molecule has 0 aromatic heterocycles. The number of hydrogen-bond acceptors (Lipinski definition) is 2. The number of halogens is 1. The van der Waals surface area contributed by atoms with Crippen LogP contribution in [0.2, 0.25) is 5.02 Å². The lowest BCUT2D eigenvalue weighted by molar-refractivity contribution is 0.215. The first-order valence-corrected chi connectivity index (χ1v) is 6.24. The zero-order chi connectivity index (χ0) is 13.8. The predicted molar refractivity (Wildman–Crippen MR) is 77.0 cm³/mol. The van der Waals surface area contributed by atoms with Crippen LogP contribution in [0.15, 0.2) is 42.5 Å². The Bertz CT molecular complexity index is 594. The van der Waals surface area contributed by atoms with Gasteiger partial charge in [0.2, 0.25) is 0 Å². The maximum atomic E-state index is 11.8. The molecule has 98 valence electrons. The molecule has 4 heteroatoms. The number of carbonyl (C=O) groups is 1. The van der Waals surface area contributed by atoms with Crippen LogP contribution in [-0.4, -0.2) is 6.09 Å². The molecule has 19 heavy (non-hydrogen) atoms. The van der Waals surface area contributed by atoms with Crippen LogP contribution < -0.4 is 10.1 Å². The Morgan fingerprint density at radius 3 is 2.47 bits per heavy atom.